The Hall–Kier alpha value is -2.83. The number of amides is 1. The molecule has 1 aromatic heterocycles. The van der Waals surface area contributed by atoms with Crippen LogP contribution in [-0.2, 0) is 17.8 Å². The number of carboxylic acid groups (broad SMARTS) is 1. The number of hydrogen-bond donors (Lipinski definition) is 2. The highest BCUT2D eigenvalue weighted by Gasteiger charge is 2.31. The number of carbonyl (C=O) groups is 2. The summed E-state index contributed by atoms with van der Waals surface area (Å²) in [5.41, 5.74) is 0.702. The largest absolute Gasteiger partial charge is 0.478 e. The molecule has 1 aliphatic heterocycles. The Morgan fingerprint density at radius 3 is 2.87 bits per heavy atom. The molecule has 0 radical (unpaired) electrons. The normalized spacial score (nSPS) is 15.8. The van der Waals surface area contributed by atoms with Gasteiger partial charge in [0.15, 0.2) is 17.7 Å². The second-order valence-corrected chi connectivity index (χ2v) is 5.24. The molecule has 6 nitrogen and oxygen atoms in total. The molecule has 0 bridgehead atoms. The molecule has 1 aromatic carbocycles. The highest BCUT2D eigenvalue weighted by atomic mass is 19.1. The minimum Gasteiger partial charge on any atom is -0.478 e. The van der Waals surface area contributed by atoms with Gasteiger partial charge in [0.05, 0.1) is 6.54 Å². The van der Waals surface area contributed by atoms with Crippen molar-refractivity contribution in [3.05, 3.63) is 52.7 Å². The summed E-state index contributed by atoms with van der Waals surface area (Å²) in [5.74, 6) is -1.29. The van der Waals surface area contributed by atoms with E-state index < -0.39 is 23.8 Å². The van der Waals surface area contributed by atoms with Crippen LogP contribution in [0.2, 0.25) is 0 Å². The fourth-order valence-electron chi connectivity index (χ4n) is 2.51. The second-order valence-electron chi connectivity index (χ2n) is 5.24. The van der Waals surface area contributed by atoms with Gasteiger partial charge >= 0.3 is 5.97 Å². The zero-order valence-electron chi connectivity index (χ0n) is 12.3. The van der Waals surface area contributed by atoms with E-state index in [0.29, 0.717) is 11.3 Å². The first-order chi connectivity index (χ1) is 11.0. The fourth-order valence-corrected chi connectivity index (χ4v) is 2.51. The van der Waals surface area contributed by atoms with Crippen LogP contribution in [0, 0.1) is 12.7 Å². The van der Waals surface area contributed by atoms with Crippen LogP contribution in [0.1, 0.15) is 27.4 Å². The number of halogens is 1. The molecule has 2 aromatic rings. The van der Waals surface area contributed by atoms with Crippen LogP contribution in [0.4, 0.5) is 4.39 Å². The van der Waals surface area contributed by atoms with E-state index in [-0.39, 0.29) is 30.0 Å². The van der Waals surface area contributed by atoms with E-state index in [0.717, 1.165) is 0 Å². The molecule has 23 heavy (non-hydrogen) atoms. The topological polar surface area (TPSA) is 88.8 Å². The molecule has 1 aliphatic rings. The summed E-state index contributed by atoms with van der Waals surface area (Å²) in [6.45, 7) is 1.57. The van der Waals surface area contributed by atoms with E-state index in [2.05, 4.69) is 5.32 Å². The number of hydrogen-bond acceptors (Lipinski definition) is 4. The maximum Gasteiger partial charge on any atom is 0.339 e. The van der Waals surface area contributed by atoms with Gasteiger partial charge in [-0.25, -0.2) is 9.18 Å². The third-order valence-corrected chi connectivity index (χ3v) is 3.64. The average Bonchev–Trinajstić information content (AvgIpc) is 3.09. The molecule has 1 amide bonds. The lowest BCUT2D eigenvalue weighted by Crippen LogP contribution is -2.37. The molecular formula is C16H14FNO5. The molecule has 3 rings (SSSR count). The summed E-state index contributed by atoms with van der Waals surface area (Å²) in [7, 11) is 0. The number of aryl methyl sites for hydroxylation is 1. The Morgan fingerprint density at radius 2 is 2.22 bits per heavy atom. The van der Waals surface area contributed by atoms with E-state index >= 15 is 0 Å². The number of para-hydroxylation sites is 1. The van der Waals surface area contributed by atoms with Crippen LogP contribution in [0.5, 0.6) is 5.75 Å². The molecule has 7 heteroatoms. The number of furan rings is 1. The summed E-state index contributed by atoms with van der Waals surface area (Å²) in [6.07, 6.45) is -0.520. The number of fused-ring (bicyclic) bond motifs is 1. The molecule has 0 spiro atoms. The highest BCUT2D eigenvalue weighted by molar-refractivity contribution is 5.89. The minimum atomic E-state index is -1.09. The predicted octanol–water partition coefficient (Wildman–Crippen LogP) is 2.05. The number of carbonyl (C=O) groups excluding carboxylic acids is 1. The van der Waals surface area contributed by atoms with E-state index in [4.69, 9.17) is 14.3 Å². The van der Waals surface area contributed by atoms with Crippen molar-refractivity contribution < 1.29 is 28.2 Å². The van der Waals surface area contributed by atoms with Gasteiger partial charge in [-0.1, -0.05) is 12.1 Å². The molecule has 0 aliphatic carbocycles. The molecule has 1 unspecified atom stereocenters. The number of rotatable bonds is 4. The lowest BCUT2D eigenvalue weighted by Gasteiger charge is -2.10. The van der Waals surface area contributed by atoms with Crippen LogP contribution in [-0.4, -0.2) is 23.1 Å². The Morgan fingerprint density at radius 1 is 1.43 bits per heavy atom. The van der Waals surface area contributed by atoms with Crippen molar-refractivity contribution in [1.82, 2.24) is 5.32 Å². The van der Waals surface area contributed by atoms with E-state index in [1.54, 1.807) is 12.1 Å². The maximum atomic E-state index is 13.6. The summed E-state index contributed by atoms with van der Waals surface area (Å²) >= 11 is 0. The van der Waals surface area contributed by atoms with Gasteiger partial charge in [-0.05, 0) is 19.1 Å². The van der Waals surface area contributed by atoms with Crippen molar-refractivity contribution in [3.63, 3.8) is 0 Å². The zero-order chi connectivity index (χ0) is 16.6. The predicted molar refractivity (Wildman–Crippen MR) is 76.8 cm³/mol. The Kier molecular flexibility index (Phi) is 3.77. The average molecular weight is 319 g/mol. The molecule has 0 fully saturated rings. The van der Waals surface area contributed by atoms with Gasteiger partial charge in [-0.3, -0.25) is 4.79 Å². The maximum absolute atomic E-state index is 13.6. The third-order valence-electron chi connectivity index (χ3n) is 3.64. The van der Waals surface area contributed by atoms with Crippen LogP contribution < -0.4 is 10.1 Å². The first kappa shape index (κ1) is 15.1. The molecule has 0 saturated heterocycles. The van der Waals surface area contributed by atoms with Crippen molar-refractivity contribution >= 4 is 11.9 Å². The lowest BCUT2D eigenvalue weighted by atomic mass is 10.1. The number of aromatic carboxylic acids is 1. The van der Waals surface area contributed by atoms with Crippen LogP contribution in [0.3, 0.4) is 0 Å². The summed E-state index contributed by atoms with van der Waals surface area (Å²) in [6, 6.07) is 5.91. The van der Waals surface area contributed by atoms with Crippen molar-refractivity contribution in [2.24, 2.45) is 0 Å². The Balaban J connectivity index is 1.62. The number of benzene rings is 1. The van der Waals surface area contributed by atoms with Gasteiger partial charge in [0.2, 0.25) is 0 Å². The summed E-state index contributed by atoms with van der Waals surface area (Å²) in [4.78, 5) is 23.0. The minimum absolute atomic E-state index is 0.0334. The van der Waals surface area contributed by atoms with E-state index in [1.165, 1.54) is 19.1 Å². The second kappa shape index (κ2) is 5.75. The van der Waals surface area contributed by atoms with Gasteiger partial charge in [0.25, 0.3) is 5.91 Å². The quantitative estimate of drug-likeness (QED) is 0.900. The summed E-state index contributed by atoms with van der Waals surface area (Å²) in [5, 5.41) is 11.6. The lowest BCUT2D eigenvalue weighted by molar-refractivity contribution is -0.127. The van der Waals surface area contributed by atoms with Crippen molar-refractivity contribution in [3.8, 4) is 5.75 Å². The smallest absolute Gasteiger partial charge is 0.339 e. The zero-order valence-corrected chi connectivity index (χ0v) is 12.3. The van der Waals surface area contributed by atoms with Gasteiger partial charge in [-0.2, -0.15) is 0 Å². The third kappa shape index (κ3) is 2.90. The molecule has 120 valence electrons. The van der Waals surface area contributed by atoms with Crippen molar-refractivity contribution in [2.75, 3.05) is 0 Å². The molecule has 2 heterocycles. The summed E-state index contributed by atoms with van der Waals surface area (Å²) < 4.78 is 24.2. The fraction of sp³-hybridized carbons (Fsp3) is 0.250. The van der Waals surface area contributed by atoms with Crippen LogP contribution in [0.25, 0.3) is 0 Å². The number of ether oxygens (including phenoxy) is 1. The molecular weight excluding hydrogens is 305 g/mol. The Labute approximate surface area is 130 Å². The van der Waals surface area contributed by atoms with Gasteiger partial charge in [-0.15, -0.1) is 0 Å². The van der Waals surface area contributed by atoms with Crippen LogP contribution in [0.15, 0.2) is 28.7 Å². The number of nitrogens with one attached hydrogen (secondary N) is 1. The first-order valence-electron chi connectivity index (χ1n) is 7.00. The van der Waals surface area contributed by atoms with Gasteiger partial charge in [0.1, 0.15) is 17.1 Å². The van der Waals surface area contributed by atoms with E-state index in [1.807, 2.05) is 0 Å². The van der Waals surface area contributed by atoms with Gasteiger partial charge in [0, 0.05) is 12.0 Å². The van der Waals surface area contributed by atoms with E-state index in [9.17, 15) is 14.0 Å². The van der Waals surface area contributed by atoms with Crippen LogP contribution >= 0.6 is 0 Å². The monoisotopic (exact) mass is 319 g/mol. The first-order valence-corrected chi connectivity index (χ1v) is 7.00. The van der Waals surface area contributed by atoms with Gasteiger partial charge < -0.3 is 19.6 Å². The van der Waals surface area contributed by atoms with Crippen molar-refractivity contribution in [1.29, 1.82) is 0 Å². The molecule has 0 saturated carbocycles. The SMILES string of the molecule is Cc1oc(CNC(=O)C2Cc3cccc(F)c3O2)cc1C(=O)O. The molecule has 2 N–H and O–H groups in total. The Bertz CT molecular complexity index is 783. The highest BCUT2D eigenvalue weighted by Crippen LogP contribution is 2.31. The molecule has 1 atom stereocenters. The van der Waals surface area contributed by atoms with Crippen molar-refractivity contribution in [2.45, 2.75) is 26.0 Å². The number of carboxylic acids is 1. The standard InChI is InChI=1S/C16H14FNO5/c1-8-11(16(20)21)6-10(22-8)7-18-15(19)13-5-9-3-2-4-12(17)14(9)23-13/h2-4,6,13H,5,7H2,1H3,(H,18,19)(H,20,21).